The molecule has 0 spiro atoms. The van der Waals surface area contributed by atoms with Crippen LogP contribution in [0.5, 0.6) is 0 Å². The van der Waals surface area contributed by atoms with E-state index in [0.717, 1.165) is 6.07 Å². The number of carbonyl (C=O) groups excluding carboxylic acids is 2. The Hall–Kier alpha value is -2.39. The Labute approximate surface area is 169 Å². The molecular formula is C19H15ClF3NO4S. The second-order valence-electron chi connectivity index (χ2n) is 6.64. The number of nitrogens with one attached hydrogen (secondary N) is 1. The highest BCUT2D eigenvalue weighted by Crippen LogP contribution is 2.32. The van der Waals surface area contributed by atoms with Crippen molar-refractivity contribution >= 4 is 38.8 Å². The lowest BCUT2D eigenvalue weighted by Crippen LogP contribution is -2.27. The first-order valence-corrected chi connectivity index (χ1v) is 10.5. The van der Waals surface area contributed by atoms with Crippen LogP contribution < -0.4 is 5.32 Å². The van der Waals surface area contributed by atoms with Crippen LogP contribution in [0.1, 0.15) is 36.0 Å². The Balaban J connectivity index is 1.88. The van der Waals surface area contributed by atoms with Crippen LogP contribution in [0.15, 0.2) is 35.2 Å². The van der Waals surface area contributed by atoms with Gasteiger partial charge in [0, 0.05) is 36.2 Å². The van der Waals surface area contributed by atoms with Gasteiger partial charge in [-0.25, -0.2) is 21.6 Å². The van der Waals surface area contributed by atoms with E-state index in [1.54, 1.807) is 0 Å². The van der Waals surface area contributed by atoms with E-state index in [9.17, 15) is 31.2 Å². The fourth-order valence-electron chi connectivity index (χ4n) is 3.10. The van der Waals surface area contributed by atoms with E-state index in [0.29, 0.717) is 12.1 Å². The van der Waals surface area contributed by atoms with Gasteiger partial charge in [0.05, 0.1) is 15.2 Å². The minimum absolute atomic E-state index is 0.00515. The molecule has 1 amide bonds. The number of sulfone groups is 1. The minimum atomic E-state index is -3.90. The zero-order chi connectivity index (χ0) is 21.3. The molecule has 1 fully saturated rings. The molecule has 0 atom stereocenters. The van der Waals surface area contributed by atoms with E-state index < -0.39 is 38.4 Å². The van der Waals surface area contributed by atoms with E-state index in [1.165, 1.54) is 12.1 Å². The van der Waals surface area contributed by atoms with Gasteiger partial charge < -0.3 is 5.32 Å². The van der Waals surface area contributed by atoms with Gasteiger partial charge >= 0.3 is 0 Å². The summed E-state index contributed by atoms with van der Waals surface area (Å²) >= 11 is 6.03. The number of rotatable bonds is 4. The summed E-state index contributed by atoms with van der Waals surface area (Å²) in [7, 11) is -3.90. The molecule has 0 bridgehead atoms. The monoisotopic (exact) mass is 445 g/mol. The highest BCUT2D eigenvalue weighted by atomic mass is 35.5. The molecule has 1 aliphatic rings. The molecular weight excluding hydrogens is 431 g/mol. The molecule has 1 N–H and O–H groups in total. The Morgan fingerprint density at radius 1 is 1.03 bits per heavy atom. The fraction of sp³-hybridized carbons (Fsp3) is 0.263. The highest BCUT2D eigenvalue weighted by Gasteiger charge is 2.33. The van der Waals surface area contributed by atoms with Gasteiger partial charge in [0.15, 0.2) is 27.3 Å². The van der Waals surface area contributed by atoms with Gasteiger partial charge in [0.2, 0.25) is 0 Å². The van der Waals surface area contributed by atoms with Crippen molar-refractivity contribution in [2.24, 2.45) is 0 Å². The summed E-state index contributed by atoms with van der Waals surface area (Å²) in [5, 5.41) is 1.30. The van der Waals surface area contributed by atoms with Crippen LogP contribution in [0.25, 0.3) is 0 Å². The van der Waals surface area contributed by atoms with Crippen molar-refractivity contribution in [3.63, 3.8) is 0 Å². The Bertz CT molecular complexity index is 1070. The van der Waals surface area contributed by atoms with E-state index in [2.05, 4.69) is 5.32 Å². The van der Waals surface area contributed by atoms with Crippen molar-refractivity contribution in [2.45, 2.75) is 35.8 Å². The molecule has 1 saturated carbocycles. The SMILES string of the molecule is O=C1CCC(S(=O)(=O)c2cc(C(=O)Nc3cc(F)c(F)c(F)c3)ccc2Cl)CC1. The van der Waals surface area contributed by atoms with Crippen LogP contribution in [0.2, 0.25) is 5.02 Å². The van der Waals surface area contributed by atoms with Gasteiger partial charge in [-0.2, -0.15) is 0 Å². The maximum absolute atomic E-state index is 13.3. The lowest BCUT2D eigenvalue weighted by Gasteiger charge is -2.22. The van der Waals surface area contributed by atoms with E-state index >= 15 is 0 Å². The number of halogens is 4. The lowest BCUT2D eigenvalue weighted by molar-refractivity contribution is -0.120. The number of carbonyl (C=O) groups is 2. The highest BCUT2D eigenvalue weighted by molar-refractivity contribution is 7.92. The van der Waals surface area contributed by atoms with Gasteiger partial charge in [0.1, 0.15) is 5.78 Å². The number of anilines is 1. The third kappa shape index (κ3) is 4.45. The largest absolute Gasteiger partial charge is 0.322 e. The molecule has 0 unspecified atom stereocenters. The lowest BCUT2D eigenvalue weighted by atomic mass is 9.99. The van der Waals surface area contributed by atoms with Crippen molar-refractivity contribution in [3.05, 3.63) is 58.4 Å². The van der Waals surface area contributed by atoms with Crippen molar-refractivity contribution in [1.82, 2.24) is 0 Å². The van der Waals surface area contributed by atoms with E-state index in [4.69, 9.17) is 11.6 Å². The zero-order valence-electron chi connectivity index (χ0n) is 14.8. The number of hydrogen-bond donors (Lipinski definition) is 1. The minimum Gasteiger partial charge on any atom is -0.322 e. The summed E-state index contributed by atoms with van der Waals surface area (Å²) in [6.45, 7) is 0. The standard InChI is InChI=1S/C19H15ClF3NO4S/c20-14-6-1-10(19(26)24-11-8-15(21)18(23)16(22)9-11)7-17(14)29(27,28)13-4-2-12(25)3-5-13/h1,6-9,13H,2-5H2,(H,24,26). The van der Waals surface area contributed by atoms with Crippen LogP contribution in [-0.4, -0.2) is 25.4 Å². The average Bonchev–Trinajstić information content (AvgIpc) is 2.66. The second-order valence-corrected chi connectivity index (χ2v) is 9.24. The van der Waals surface area contributed by atoms with Gasteiger partial charge in [-0.15, -0.1) is 0 Å². The molecule has 2 aromatic carbocycles. The molecule has 0 heterocycles. The first-order valence-electron chi connectivity index (χ1n) is 8.60. The van der Waals surface area contributed by atoms with Crippen LogP contribution in [0, 0.1) is 17.5 Å². The van der Waals surface area contributed by atoms with Gasteiger partial charge in [-0.05, 0) is 31.0 Å². The first-order chi connectivity index (χ1) is 13.6. The Morgan fingerprint density at radius 3 is 2.21 bits per heavy atom. The third-order valence-electron chi connectivity index (χ3n) is 4.67. The smallest absolute Gasteiger partial charge is 0.255 e. The topological polar surface area (TPSA) is 80.3 Å². The van der Waals surface area contributed by atoms with Crippen molar-refractivity contribution in [3.8, 4) is 0 Å². The number of amides is 1. The summed E-state index contributed by atoms with van der Waals surface area (Å²) in [5.74, 6) is -5.50. The number of hydrogen-bond acceptors (Lipinski definition) is 4. The predicted octanol–water partition coefficient (Wildman–Crippen LogP) is 4.30. The molecule has 0 aromatic heterocycles. The maximum atomic E-state index is 13.3. The number of Topliss-reactive ketones (excluding diaryl/α,β-unsaturated/α-hetero) is 1. The molecule has 1 aliphatic carbocycles. The Kier molecular flexibility index (Phi) is 6.00. The van der Waals surface area contributed by atoms with Gasteiger partial charge in [-0.1, -0.05) is 11.6 Å². The molecule has 154 valence electrons. The fourth-order valence-corrected chi connectivity index (χ4v) is 5.38. The summed E-state index contributed by atoms with van der Waals surface area (Å²) in [5.41, 5.74) is -0.457. The molecule has 5 nitrogen and oxygen atoms in total. The maximum Gasteiger partial charge on any atom is 0.255 e. The molecule has 29 heavy (non-hydrogen) atoms. The molecule has 0 radical (unpaired) electrons. The molecule has 0 saturated heterocycles. The van der Waals surface area contributed by atoms with Gasteiger partial charge in [0.25, 0.3) is 5.91 Å². The van der Waals surface area contributed by atoms with Crippen LogP contribution in [0.4, 0.5) is 18.9 Å². The zero-order valence-corrected chi connectivity index (χ0v) is 16.4. The normalized spacial score (nSPS) is 15.4. The molecule has 0 aliphatic heterocycles. The Morgan fingerprint density at radius 2 is 1.62 bits per heavy atom. The molecule has 2 aromatic rings. The van der Waals surface area contributed by atoms with E-state index in [1.807, 2.05) is 0 Å². The number of benzene rings is 2. The average molecular weight is 446 g/mol. The molecule has 3 rings (SSSR count). The predicted molar refractivity (Wildman–Crippen MR) is 100 cm³/mol. The number of ketones is 1. The second kappa shape index (κ2) is 8.16. The summed E-state index contributed by atoms with van der Waals surface area (Å²) in [6, 6.07) is 4.74. The quantitative estimate of drug-likeness (QED) is 0.712. The summed E-state index contributed by atoms with van der Waals surface area (Å²) in [4.78, 5) is 23.5. The van der Waals surface area contributed by atoms with Crippen LogP contribution >= 0.6 is 11.6 Å². The molecule has 10 heteroatoms. The van der Waals surface area contributed by atoms with Gasteiger partial charge in [-0.3, -0.25) is 9.59 Å². The van der Waals surface area contributed by atoms with Crippen molar-refractivity contribution in [1.29, 1.82) is 0 Å². The summed E-state index contributed by atoms with van der Waals surface area (Å²) in [6.07, 6.45) is 0.650. The van der Waals surface area contributed by atoms with Crippen LogP contribution in [0.3, 0.4) is 0 Å². The third-order valence-corrected chi connectivity index (χ3v) is 7.41. The van der Waals surface area contributed by atoms with Crippen LogP contribution in [-0.2, 0) is 14.6 Å². The van der Waals surface area contributed by atoms with E-state index in [-0.39, 0.29) is 52.6 Å². The summed E-state index contributed by atoms with van der Waals surface area (Å²) < 4.78 is 65.5. The van der Waals surface area contributed by atoms with Crippen molar-refractivity contribution < 1.29 is 31.2 Å². The van der Waals surface area contributed by atoms with Crippen molar-refractivity contribution in [2.75, 3.05) is 5.32 Å². The first kappa shape index (κ1) is 21.3.